The molecule has 0 aliphatic rings. The molecule has 0 radical (unpaired) electrons. The molecule has 5 heteroatoms. The van der Waals surface area contributed by atoms with Crippen LogP contribution in [-0.4, -0.2) is 35.7 Å². The van der Waals surface area contributed by atoms with Gasteiger partial charge in [0.05, 0.1) is 18.1 Å². The molecule has 1 N–H and O–H groups in total. The number of hydrogen-bond acceptors (Lipinski definition) is 4. The lowest BCUT2D eigenvalue weighted by atomic mass is 9.83. The average Bonchev–Trinajstić information content (AvgIpc) is 2.66. The van der Waals surface area contributed by atoms with E-state index in [1.165, 1.54) is 13.8 Å². The smallest absolute Gasteiger partial charge is 0.227 e. The number of ether oxygens (including phenoxy) is 1. The maximum absolute atomic E-state index is 13.4. The Morgan fingerprint density at radius 3 is 2.06 bits per heavy atom. The summed E-state index contributed by atoms with van der Waals surface area (Å²) in [6, 6.07) is 13.4. The predicted molar refractivity (Wildman–Crippen MR) is 124 cm³/mol. The summed E-state index contributed by atoms with van der Waals surface area (Å²) in [6.07, 6.45) is -0.770. The molecule has 2 aromatic rings. The van der Waals surface area contributed by atoms with Gasteiger partial charge in [-0.1, -0.05) is 63.2 Å². The van der Waals surface area contributed by atoms with Gasteiger partial charge >= 0.3 is 0 Å². The third-order valence-corrected chi connectivity index (χ3v) is 5.35. The van der Waals surface area contributed by atoms with E-state index in [0.29, 0.717) is 6.42 Å². The van der Waals surface area contributed by atoms with Crippen molar-refractivity contribution in [2.75, 3.05) is 0 Å². The van der Waals surface area contributed by atoms with E-state index in [-0.39, 0.29) is 23.6 Å². The summed E-state index contributed by atoms with van der Waals surface area (Å²) in [6.45, 7) is 12.3. The number of benzene rings is 2. The van der Waals surface area contributed by atoms with Crippen molar-refractivity contribution in [3.8, 4) is 0 Å². The van der Waals surface area contributed by atoms with Gasteiger partial charge in [0, 0.05) is 0 Å². The molecule has 0 fully saturated rings. The van der Waals surface area contributed by atoms with E-state index in [1.54, 1.807) is 0 Å². The van der Waals surface area contributed by atoms with Gasteiger partial charge in [-0.3, -0.25) is 14.4 Å². The fourth-order valence-corrected chi connectivity index (χ4v) is 3.90. The van der Waals surface area contributed by atoms with Crippen molar-refractivity contribution in [2.45, 2.75) is 73.1 Å². The Morgan fingerprint density at radius 2 is 1.55 bits per heavy atom. The number of nitrogens with one attached hydrogen (secondary N) is 1. The van der Waals surface area contributed by atoms with Crippen LogP contribution in [0.1, 0.15) is 54.0 Å². The first-order valence-corrected chi connectivity index (χ1v) is 10.8. The van der Waals surface area contributed by atoms with E-state index >= 15 is 0 Å². The molecule has 0 spiro atoms. The van der Waals surface area contributed by atoms with Gasteiger partial charge in [0.1, 0.15) is 6.10 Å². The summed E-state index contributed by atoms with van der Waals surface area (Å²) in [5.41, 5.74) is 0.493. The fourth-order valence-electron chi connectivity index (χ4n) is 3.90. The van der Waals surface area contributed by atoms with Crippen molar-refractivity contribution in [1.82, 2.24) is 5.32 Å². The number of Topliss-reactive ketones (excluding diaryl/α,β-unsaturated/α-hetero) is 2. The molecule has 0 saturated heterocycles. The van der Waals surface area contributed by atoms with Crippen LogP contribution < -0.4 is 5.32 Å². The van der Waals surface area contributed by atoms with Crippen LogP contribution in [0.2, 0.25) is 0 Å². The standard InChI is InChI=1S/C26H35NO4/c1-16(2)31-23(17(3)28)22(25(30)27-24(18(4)29)26(5,6)7)15-19-12-13-20-10-8-9-11-21(20)14-19/h8-14,16,22-24H,15H2,1-7H3,(H,27,30)/t22-,23-,24-/m1/s1. The lowest BCUT2D eigenvalue weighted by Gasteiger charge is -2.33. The molecule has 2 rings (SSSR count). The zero-order valence-corrected chi connectivity index (χ0v) is 19.7. The molecule has 0 aliphatic heterocycles. The van der Waals surface area contributed by atoms with Crippen molar-refractivity contribution in [2.24, 2.45) is 11.3 Å². The minimum absolute atomic E-state index is 0.116. The molecular weight excluding hydrogens is 390 g/mol. The quantitative estimate of drug-likeness (QED) is 0.642. The average molecular weight is 426 g/mol. The molecule has 1 amide bonds. The molecule has 168 valence electrons. The number of carbonyl (C=O) groups is 3. The zero-order valence-electron chi connectivity index (χ0n) is 19.7. The molecular formula is C26H35NO4. The van der Waals surface area contributed by atoms with Crippen molar-refractivity contribution < 1.29 is 19.1 Å². The van der Waals surface area contributed by atoms with Crippen molar-refractivity contribution in [3.63, 3.8) is 0 Å². The Labute approximate surface area is 185 Å². The normalized spacial score (nSPS) is 14.8. The van der Waals surface area contributed by atoms with Gasteiger partial charge in [0.25, 0.3) is 0 Å². The van der Waals surface area contributed by atoms with Gasteiger partial charge in [0.2, 0.25) is 5.91 Å². The van der Waals surface area contributed by atoms with Gasteiger partial charge in [-0.25, -0.2) is 0 Å². The Morgan fingerprint density at radius 1 is 0.935 bits per heavy atom. The first kappa shape index (κ1) is 24.7. The third-order valence-electron chi connectivity index (χ3n) is 5.35. The first-order chi connectivity index (χ1) is 14.4. The van der Waals surface area contributed by atoms with Crippen molar-refractivity contribution in [1.29, 1.82) is 0 Å². The highest BCUT2D eigenvalue weighted by Crippen LogP contribution is 2.25. The summed E-state index contributed by atoms with van der Waals surface area (Å²) < 4.78 is 5.89. The summed E-state index contributed by atoms with van der Waals surface area (Å²) in [5.74, 6) is -1.41. The zero-order chi connectivity index (χ0) is 23.3. The van der Waals surface area contributed by atoms with Crippen LogP contribution in [0.25, 0.3) is 10.8 Å². The second kappa shape index (κ2) is 10.2. The lowest BCUT2D eigenvalue weighted by molar-refractivity contribution is -0.146. The largest absolute Gasteiger partial charge is 0.367 e. The molecule has 0 saturated carbocycles. The SMILES string of the molecule is CC(=O)[C@@H](OC(C)C)[C@@H](Cc1ccc2ccccc2c1)C(=O)N[C@H](C(C)=O)C(C)(C)C. The highest BCUT2D eigenvalue weighted by Gasteiger charge is 2.37. The van der Waals surface area contributed by atoms with Gasteiger partial charge in [-0.2, -0.15) is 0 Å². The van der Waals surface area contributed by atoms with E-state index in [4.69, 9.17) is 4.74 Å². The van der Waals surface area contributed by atoms with Crippen LogP contribution in [0.15, 0.2) is 42.5 Å². The number of amides is 1. The second-order valence-electron chi connectivity index (χ2n) is 9.63. The minimum atomic E-state index is -0.890. The van der Waals surface area contributed by atoms with Gasteiger partial charge < -0.3 is 10.1 Å². The molecule has 0 bridgehead atoms. The molecule has 0 heterocycles. The number of fused-ring (bicyclic) bond motifs is 1. The molecule has 0 aromatic heterocycles. The Bertz CT molecular complexity index is 942. The lowest BCUT2D eigenvalue weighted by Crippen LogP contribution is -2.53. The summed E-state index contributed by atoms with van der Waals surface area (Å²) >= 11 is 0. The van der Waals surface area contributed by atoms with Crippen LogP contribution in [0, 0.1) is 11.3 Å². The van der Waals surface area contributed by atoms with E-state index in [9.17, 15) is 14.4 Å². The summed E-state index contributed by atoms with van der Waals surface area (Å²) in [4.78, 5) is 38.1. The Hall–Kier alpha value is -2.53. The monoisotopic (exact) mass is 425 g/mol. The number of rotatable bonds is 9. The summed E-state index contributed by atoms with van der Waals surface area (Å²) in [5, 5.41) is 5.08. The van der Waals surface area contributed by atoms with Crippen LogP contribution in [0.3, 0.4) is 0 Å². The molecule has 31 heavy (non-hydrogen) atoms. The van der Waals surface area contributed by atoms with Gasteiger partial charge in [0.15, 0.2) is 11.6 Å². The topological polar surface area (TPSA) is 72.5 Å². The van der Waals surface area contributed by atoms with Crippen LogP contribution in [-0.2, 0) is 25.5 Å². The molecule has 5 nitrogen and oxygen atoms in total. The van der Waals surface area contributed by atoms with Gasteiger partial charge in [-0.15, -0.1) is 0 Å². The van der Waals surface area contributed by atoms with E-state index in [1.807, 2.05) is 77.1 Å². The predicted octanol–water partition coefficient (Wildman–Crippen LogP) is 4.50. The van der Waals surface area contributed by atoms with E-state index in [0.717, 1.165) is 16.3 Å². The van der Waals surface area contributed by atoms with Crippen LogP contribution >= 0.6 is 0 Å². The maximum Gasteiger partial charge on any atom is 0.227 e. The second-order valence-corrected chi connectivity index (χ2v) is 9.63. The molecule has 2 aromatic carbocycles. The summed E-state index contributed by atoms with van der Waals surface area (Å²) in [7, 11) is 0. The number of ketones is 2. The molecule has 0 unspecified atom stereocenters. The van der Waals surface area contributed by atoms with E-state index in [2.05, 4.69) is 5.32 Å². The highest BCUT2D eigenvalue weighted by atomic mass is 16.5. The maximum atomic E-state index is 13.4. The number of carbonyl (C=O) groups excluding carboxylic acids is 3. The Balaban J connectivity index is 2.41. The Kier molecular flexibility index (Phi) is 8.13. The van der Waals surface area contributed by atoms with Gasteiger partial charge in [-0.05, 0) is 55.9 Å². The molecule has 0 aliphatic carbocycles. The highest BCUT2D eigenvalue weighted by molar-refractivity contribution is 5.93. The first-order valence-electron chi connectivity index (χ1n) is 10.8. The van der Waals surface area contributed by atoms with Crippen molar-refractivity contribution in [3.05, 3.63) is 48.0 Å². The van der Waals surface area contributed by atoms with Crippen molar-refractivity contribution >= 4 is 28.2 Å². The number of hydrogen-bond donors (Lipinski definition) is 1. The van der Waals surface area contributed by atoms with E-state index < -0.39 is 23.5 Å². The third kappa shape index (κ3) is 6.73. The minimum Gasteiger partial charge on any atom is -0.367 e. The fraction of sp³-hybridized carbons (Fsp3) is 0.500. The van der Waals surface area contributed by atoms with Crippen LogP contribution in [0.5, 0.6) is 0 Å². The molecule has 3 atom stereocenters. The van der Waals surface area contributed by atoms with Crippen LogP contribution in [0.4, 0.5) is 0 Å².